The van der Waals surface area contributed by atoms with Crippen LogP contribution in [0.25, 0.3) is 0 Å². The molecule has 1 aliphatic rings. The smallest absolute Gasteiger partial charge is 0.287 e. The van der Waals surface area contributed by atoms with Crippen molar-refractivity contribution >= 4 is 11.8 Å². The van der Waals surface area contributed by atoms with Crippen LogP contribution in [0.3, 0.4) is 0 Å². The topological polar surface area (TPSA) is 86.0 Å². The molecule has 1 aromatic rings. The third-order valence-corrected chi connectivity index (χ3v) is 3.43. The Labute approximate surface area is 123 Å². The predicted octanol–water partition coefficient (Wildman–Crippen LogP) is -0.467. The molecule has 0 aromatic carbocycles. The second kappa shape index (κ2) is 6.73. The van der Waals surface area contributed by atoms with Gasteiger partial charge in [0.05, 0.1) is 18.9 Å². The van der Waals surface area contributed by atoms with E-state index >= 15 is 0 Å². The van der Waals surface area contributed by atoms with Crippen LogP contribution >= 0.6 is 0 Å². The van der Waals surface area contributed by atoms with Crippen LogP contribution in [-0.4, -0.2) is 72.6 Å². The number of likely N-dealkylation sites (tertiary alicyclic amines) is 1. The number of aliphatic hydroxyl groups is 1. The molecule has 1 saturated heterocycles. The Morgan fingerprint density at radius 1 is 1.52 bits per heavy atom. The predicted molar refractivity (Wildman–Crippen MR) is 75.7 cm³/mol. The highest BCUT2D eigenvalue weighted by Gasteiger charge is 2.34. The first-order valence-electron chi connectivity index (χ1n) is 6.91. The molecule has 2 heterocycles. The Kier molecular flexibility index (Phi) is 4.98. The van der Waals surface area contributed by atoms with Crippen LogP contribution in [0.5, 0.6) is 0 Å². The molecule has 2 amide bonds. The SMILES string of the molecule is CN(C)CC1CC(O)CN1C(=O)CNC(=O)c1ccco1. The maximum Gasteiger partial charge on any atom is 0.287 e. The number of carbonyl (C=O) groups is 2. The van der Waals surface area contributed by atoms with Gasteiger partial charge < -0.3 is 24.6 Å². The molecule has 0 saturated carbocycles. The van der Waals surface area contributed by atoms with Crippen molar-refractivity contribution in [3.05, 3.63) is 24.2 Å². The number of nitrogens with zero attached hydrogens (tertiary/aromatic N) is 2. The van der Waals surface area contributed by atoms with Gasteiger partial charge in [0.1, 0.15) is 0 Å². The van der Waals surface area contributed by atoms with E-state index in [0.717, 1.165) is 0 Å². The summed E-state index contributed by atoms with van der Waals surface area (Å²) in [6.07, 6.45) is 1.47. The summed E-state index contributed by atoms with van der Waals surface area (Å²) in [7, 11) is 3.85. The molecule has 1 aliphatic heterocycles. The highest BCUT2D eigenvalue weighted by atomic mass is 16.3. The third kappa shape index (κ3) is 4.05. The van der Waals surface area contributed by atoms with E-state index in [9.17, 15) is 14.7 Å². The summed E-state index contributed by atoms with van der Waals surface area (Å²) < 4.78 is 4.96. The van der Waals surface area contributed by atoms with Gasteiger partial charge in [-0.1, -0.05) is 0 Å². The Balaban J connectivity index is 1.88. The van der Waals surface area contributed by atoms with Crippen LogP contribution in [0.2, 0.25) is 0 Å². The Morgan fingerprint density at radius 2 is 2.29 bits per heavy atom. The number of carbonyl (C=O) groups excluding carboxylic acids is 2. The molecule has 0 radical (unpaired) electrons. The third-order valence-electron chi connectivity index (χ3n) is 3.43. The molecule has 116 valence electrons. The van der Waals surface area contributed by atoms with Crippen LogP contribution in [-0.2, 0) is 4.79 Å². The van der Waals surface area contributed by atoms with E-state index in [1.165, 1.54) is 12.3 Å². The Morgan fingerprint density at radius 3 is 2.90 bits per heavy atom. The molecular weight excluding hydrogens is 274 g/mol. The highest BCUT2D eigenvalue weighted by Crippen LogP contribution is 2.18. The van der Waals surface area contributed by atoms with Crippen molar-refractivity contribution in [3.8, 4) is 0 Å². The molecule has 2 unspecified atom stereocenters. The molecule has 7 heteroatoms. The fourth-order valence-corrected chi connectivity index (χ4v) is 2.54. The molecule has 1 aromatic heterocycles. The normalized spacial score (nSPS) is 21.8. The molecule has 2 N–H and O–H groups in total. The van der Waals surface area contributed by atoms with E-state index in [1.807, 2.05) is 19.0 Å². The van der Waals surface area contributed by atoms with Crippen molar-refractivity contribution in [1.82, 2.24) is 15.1 Å². The Hall–Kier alpha value is -1.86. The van der Waals surface area contributed by atoms with Gasteiger partial charge in [0.15, 0.2) is 5.76 Å². The van der Waals surface area contributed by atoms with E-state index in [1.54, 1.807) is 11.0 Å². The summed E-state index contributed by atoms with van der Waals surface area (Å²) in [5.74, 6) is -0.440. The summed E-state index contributed by atoms with van der Waals surface area (Å²) in [6.45, 7) is 0.902. The van der Waals surface area contributed by atoms with Gasteiger partial charge >= 0.3 is 0 Å². The van der Waals surface area contributed by atoms with Gasteiger partial charge in [-0.2, -0.15) is 0 Å². The monoisotopic (exact) mass is 295 g/mol. The van der Waals surface area contributed by atoms with Crippen LogP contribution in [0.15, 0.2) is 22.8 Å². The maximum atomic E-state index is 12.2. The van der Waals surface area contributed by atoms with Gasteiger partial charge in [-0.3, -0.25) is 9.59 Å². The minimum absolute atomic E-state index is 0.0250. The van der Waals surface area contributed by atoms with Crippen molar-refractivity contribution in [2.24, 2.45) is 0 Å². The van der Waals surface area contributed by atoms with E-state index in [0.29, 0.717) is 19.5 Å². The zero-order chi connectivity index (χ0) is 15.4. The lowest BCUT2D eigenvalue weighted by atomic mass is 10.2. The number of furan rings is 1. The number of rotatable bonds is 5. The van der Waals surface area contributed by atoms with E-state index < -0.39 is 12.0 Å². The van der Waals surface area contributed by atoms with Gasteiger partial charge in [-0.15, -0.1) is 0 Å². The summed E-state index contributed by atoms with van der Waals surface area (Å²) in [6, 6.07) is 3.12. The lowest BCUT2D eigenvalue weighted by Gasteiger charge is -2.26. The molecule has 2 atom stereocenters. The summed E-state index contributed by atoms with van der Waals surface area (Å²) in [4.78, 5) is 27.5. The number of nitrogens with one attached hydrogen (secondary N) is 1. The summed E-state index contributed by atoms with van der Waals surface area (Å²) in [5.41, 5.74) is 0. The van der Waals surface area contributed by atoms with Crippen molar-refractivity contribution in [3.63, 3.8) is 0 Å². The zero-order valence-corrected chi connectivity index (χ0v) is 12.3. The van der Waals surface area contributed by atoms with Crippen LogP contribution in [0.1, 0.15) is 17.0 Å². The first kappa shape index (κ1) is 15.5. The van der Waals surface area contributed by atoms with Gasteiger partial charge in [0.25, 0.3) is 5.91 Å². The zero-order valence-electron chi connectivity index (χ0n) is 12.3. The minimum atomic E-state index is -0.500. The highest BCUT2D eigenvalue weighted by molar-refractivity contribution is 5.94. The molecule has 7 nitrogen and oxygen atoms in total. The van der Waals surface area contributed by atoms with Crippen LogP contribution < -0.4 is 5.32 Å². The number of aliphatic hydroxyl groups excluding tert-OH is 1. The summed E-state index contributed by atoms with van der Waals surface area (Å²) >= 11 is 0. The Bertz CT molecular complexity index is 486. The van der Waals surface area contributed by atoms with Crippen molar-refractivity contribution in [2.75, 3.05) is 33.7 Å². The van der Waals surface area contributed by atoms with Gasteiger partial charge in [0, 0.05) is 19.1 Å². The van der Waals surface area contributed by atoms with Crippen molar-refractivity contribution in [1.29, 1.82) is 0 Å². The molecule has 0 bridgehead atoms. The standard InChI is InChI=1S/C14H21N3O4/c1-16(2)8-10-6-11(18)9-17(10)13(19)7-15-14(20)12-4-3-5-21-12/h3-5,10-11,18H,6-9H2,1-2H3,(H,15,20). The maximum absolute atomic E-state index is 12.2. The number of amides is 2. The van der Waals surface area contributed by atoms with Crippen LogP contribution in [0.4, 0.5) is 0 Å². The number of hydrogen-bond acceptors (Lipinski definition) is 5. The van der Waals surface area contributed by atoms with Crippen molar-refractivity contribution in [2.45, 2.75) is 18.6 Å². The fraction of sp³-hybridized carbons (Fsp3) is 0.571. The number of β-amino-alcohol motifs (C(OH)–C–C–N with tert-alkyl or cyclic N) is 1. The molecule has 0 aliphatic carbocycles. The second-order valence-corrected chi connectivity index (χ2v) is 5.51. The van der Waals surface area contributed by atoms with Gasteiger partial charge in [0.2, 0.25) is 5.91 Å². The molecular formula is C14H21N3O4. The van der Waals surface area contributed by atoms with E-state index in [4.69, 9.17) is 4.42 Å². The van der Waals surface area contributed by atoms with Gasteiger partial charge in [-0.25, -0.2) is 0 Å². The molecule has 1 fully saturated rings. The van der Waals surface area contributed by atoms with E-state index in [2.05, 4.69) is 5.32 Å². The second-order valence-electron chi connectivity index (χ2n) is 5.51. The molecule has 0 spiro atoms. The number of hydrogen-bond donors (Lipinski definition) is 2. The largest absolute Gasteiger partial charge is 0.459 e. The molecule has 2 rings (SSSR count). The minimum Gasteiger partial charge on any atom is -0.459 e. The van der Waals surface area contributed by atoms with Gasteiger partial charge in [-0.05, 0) is 32.6 Å². The lowest BCUT2D eigenvalue weighted by Crippen LogP contribution is -2.46. The first-order valence-corrected chi connectivity index (χ1v) is 6.91. The lowest BCUT2D eigenvalue weighted by molar-refractivity contribution is -0.131. The number of likely N-dealkylation sites (N-methyl/N-ethyl adjacent to an activating group) is 1. The molecule has 21 heavy (non-hydrogen) atoms. The van der Waals surface area contributed by atoms with Crippen LogP contribution in [0, 0.1) is 0 Å². The summed E-state index contributed by atoms with van der Waals surface area (Å²) in [5, 5.41) is 12.3. The fourth-order valence-electron chi connectivity index (χ4n) is 2.54. The average molecular weight is 295 g/mol. The van der Waals surface area contributed by atoms with E-state index in [-0.39, 0.29) is 24.3 Å². The quantitative estimate of drug-likeness (QED) is 0.767. The first-order chi connectivity index (χ1) is 9.97. The van der Waals surface area contributed by atoms with Crippen molar-refractivity contribution < 1.29 is 19.1 Å². The average Bonchev–Trinajstić information content (AvgIpc) is 3.04.